The summed E-state index contributed by atoms with van der Waals surface area (Å²) >= 11 is 7.98. The SMILES string of the molecule is O=P1(CSc2nc3cc(-c4ccc(-c5ccccc5)cc4)c(Cl)cc3[nH]2)OCC[C@@H](c2ccncc2)O1. The Morgan fingerprint density at radius 1 is 0.973 bits per heavy atom. The molecule has 1 N–H and O–H groups in total. The second-order valence-electron chi connectivity index (χ2n) is 8.72. The normalized spacial score (nSPS) is 19.8. The molecule has 0 saturated carbocycles. The zero-order valence-electron chi connectivity index (χ0n) is 19.7. The molecule has 0 radical (unpaired) electrons. The van der Waals surface area contributed by atoms with Crippen LogP contribution in [0.1, 0.15) is 18.1 Å². The van der Waals surface area contributed by atoms with E-state index in [9.17, 15) is 4.57 Å². The van der Waals surface area contributed by atoms with Crippen LogP contribution in [0.4, 0.5) is 0 Å². The van der Waals surface area contributed by atoms with Crippen molar-refractivity contribution in [3.05, 3.63) is 102 Å². The fourth-order valence-electron chi connectivity index (χ4n) is 4.36. The highest BCUT2D eigenvalue weighted by atomic mass is 35.5. The monoisotopic (exact) mass is 547 g/mol. The van der Waals surface area contributed by atoms with E-state index in [0.717, 1.165) is 33.3 Å². The number of fused-ring (bicyclic) bond motifs is 1. The molecule has 186 valence electrons. The predicted molar refractivity (Wildman–Crippen MR) is 149 cm³/mol. The first kappa shape index (κ1) is 24.4. The number of pyridine rings is 1. The lowest BCUT2D eigenvalue weighted by molar-refractivity contribution is 0.0836. The lowest BCUT2D eigenvalue weighted by Gasteiger charge is -2.29. The molecule has 1 unspecified atom stereocenters. The third kappa shape index (κ3) is 5.37. The summed E-state index contributed by atoms with van der Waals surface area (Å²) in [5.74, 6) is 0. The minimum absolute atomic E-state index is 0.163. The smallest absolute Gasteiger partial charge is 0.333 e. The third-order valence-corrected chi connectivity index (χ3v) is 9.96. The number of nitrogens with one attached hydrogen (secondary N) is 1. The largest absolute Gasteiger partial charge is 0.341 e. The van der Waals surface area contributed by atoms with E-state index in [4.69, 9.17) is 25.6 Å². The molecule has 2 aromatic heterocycles. The Morgan fingerprint density at radius 2 is 1.70 bits per heavy atom. The van der Waals surface area contributed by atoms with Crippen LogP contribution in [-0.4, -0.2) is 27.1 Å². The van der Waals surface area contributed by atoms with E-state index in [1.807, 2.05) is 42.5 Å². The van der Waals surface area contributed by atoms with Crippen molar-refractivity contribution in [2.75, 3.05) is 12.1 Å². The molecule has 1 saturated heterocycles. The van der Waals surface area contributed by atoms with Gasteiger partial charge in [0, 0.05) is 24.4 Å². The van der Waals surface area contributed by atoms with Gasteiger partial charge < -0.3 is 9.51 Å². The summed E-state index contributed by atoms with van der Waals surface area (Å²) in [6.07, 6.45) is 3.80. The number of thioether (sulfide) groups is 1. The van der Waals surface area contributed by atoms with Crippen molar-refractivity contribution in [1.82, 2.24) is 15.0 Å². The summed E-state index contributed by atoms with van der Waals surface area (Å²) in [7, 11) is -3.28. The van der Waals surface area contributed by atoms with Gasteiger partial charge in [-0.3, -0.25) is 14.1 Å². The Balaban J connectivity index is 1.19. The zero-order valence-corrected chi connectivity index (χ0v) is 22.2. The molecule has 1 aliphatic heterocycles. The van der Waals surface area contributed by atoms with E-state index in [1.165, 1.54) is 17.3 Å². The Morgan fingerprint density at radius 3 is 2.49 bits per heavy atom. The maximum Gasteiger partial charge on any atom is 0.341 e. The summed E-state index contributed by atoms with van der Waals surface area (Å²) in [4.78, 5) is 12.0. The minimum atomic E-state index is -3.28. The van der Waals surface area contributed by atoms with E-state index < -0.39 is 7.60 Å². The van der Waals surface area contributed by atoms with Gasteiger partial charge in [0.1, 0.15) is 5.49 Å². The molecule has 0 amide bonds. The lowest BCUT2D eigenvalue weighted by Crippen LogP contribution is -2.15. The summed E-state index contributed by atoms with van der Waals surface area (Å²) in [5, 5.41) is 1.27. The molecule has 0 spiro atoms. The summed E-state index contributed by atoms with van der Waals surface area (Å²) < 4.78 is 24.8. The Hall–Kier alpha value is -2.93. The Bertz CT molecular complexity index is 1580. The van der Waals surface area contributed by atoms with Gasteiger partial charge in [-0.25, -0.2) is 4.98 Å². The first-order valence-corrected chi connectivity index (χ1v) is 15.0. The molecular formula is C28H23ClN3O3PS. The van der Waals surface area contributed by atoms with Crippen LogP contribution in [0, 0.1) is 0 Å². The minimum Gasteiger partial charge on any atom is -0.333 e. The number of hydrogen-bond acceptors (Lipinski definition) is 6. The molecule has 6 rings (SSSR count). The quantitative estimate of drug-likeness (QED) is 0.170. The molecule has 0 bridgehead atoms. The van der Waals surface area contributed by atoms with Crippen LogP contribution in [0.3, 0.4) is 0 Å². The molecule has 3 aromatic carbocycles. The van der Waals surface area contributed by atoms with Crippen LogP contribution in [0.2, 0.25) is 5.02 Å². The maximum absolute atomic E-state index is 13.3. The zero-order chi connectivity index (χ0) is 25.2. The van der Waals surface area contributed by atoms with Crippen molar-refractivity contribution in [2.45, 2.75) is 17.7 Å². The van der Waals surface area contributed by atoms with Gasteiger partial charge in [0.15, 0.2) is 5.16 Å². The maximum atomic E-state index is 13.3. The highest BCUT2D eigenvalue weighted by Gasteiger charge is 2.34. The lowest BCUT2D eigenvalue weighted by atomic mass is 10.00. The summed E-state index contributed by atoms with van der Waals surface area (Å²) in [6, 6.07) is 26.2. The highest BCUT2D eigenvalue weighted by molar-refractivity contribution is 8.04. The molecule has 1 aliphatic rings. The number of hydrogen-bond donors (Lipinski definition) is 1. The van der Waals surface area contributed by atoms with E-state index in [0.29, 0.717) is 23.2 Å². The number of rotatable bonds is 6. The van der Waals surface area contributed by atoms with Gasteiger partial charge in [-0.05, 0) is 46.5 Å². The average molecular weight is 548 g/mol. The molecule has 5 aromatic rings. The number of aromatic nitrogens is 3. The topological polar surface area (TPSA) is 77.1 Å². The molecule has 37 heavy (non-hydrogen) atoms. The van der Waals surface area contributed by atoms with Gasteiger partial charge >= 0.3 is 7.60 Å². The Labute approximate surface area is 224 Å². The molecule has 1 fully saturated rings. The number of halogens is 1. The second-order valence-corrected chi connectivity index (χ2v) is 12.5. The van der Waals surface area contributed by atoms with Crippen LogP contribution in [0.5, 0.6) is 0 Å². The average Bonchev–Trinajstić information content (AvgIpc) is 3.34. The van der Waals surface area contributed by atoms with Gasteiger partial charge in [-0.1, -0.05) is 78.0 Å². The van der Waals surface area contributed by atoms with Crippen molar-refractivity contribution in [3.8, 4) is 22.3 Å². The number of aromatic amines is 1. The second kappa shape index (κ2) is 10.4. The Kier molecular flexibility index (Phi) is 6.89. The van der Waals surface area contributed by atoms with Gasteiger partial charge in [0.2, 0.25) is 0 Å². The van der Waals surface area contributed by atoms with Gasteiger partial charge in [-0.2, -0.15) is 0 Å². The van der Waals surface area contributed by atoms with E-state index in [2.05, 4.69) is 46.4 Å². The van der Waals surface area contributed by atoms with Crippen molar-refractivity contribution in [1.29, 1.82) is 0 Å². The standard InChI is InChI=1S/C28H23ClN3O3PS/c29-24-17-26-25(16-23(24)21-8-6-20(7-9-21)19-4-2-1-3-5-19)31-28(32-26)37-18-36(33)34-15-12-27(35-36)22-10-13-30-14-11-22/h1-11,13-14,16-17,27H,12,15,18H2,(H,31,32)/t27-,36?/m0/s1. The van der Waals surface area contributed by atoms with Crippen molar-refractivity contribution < 1.29 is 13.6 Å². The number of nitrogens with zero attached hydrogens (tertiary/aromatic N) is 2. The van der Waals surface area contributed by atoms with Crippen molar-refractivity contribution in [3.63, 3.8) is 0 Å². The predicted octanol–water partition coefficient (Wildman–Crippen LogP) is 8.37. The van der Waals surface area contributed by atoms with Gasteiger partial charge in [-0.15, -0.1) is 0 Å². The fourth-order valence-corrected chi connectivity index (χ4v) is 7.70. The van der Waals surface area contributed by atoms with E-state index in [-0.39, 0.29) is 11.6 Å². The van der Waals surface area contributed by atoms with E-state index in [1.54, 1.807) is 12.4 Å². The fraction of sp³-hybridized carbons (Fsp3) is 0.143. The van der Waals surface area contributed by atoms with Crippen LogP contribution in [-0.2, 0) is 13.6 Å². The molecule has 3 heterocycles. The summed E-state index contributed by atoms with van der Waals surface area (Å²) in [5.41, 5.74) is 6.95. The summed E-state index contributed by atoms with van der Waals surface area (Å²) in [6.45, 7) is 0.382. The first-order chi connectivity index (χ1) is 18.1. The molecular weight excluding hydrogens is 525 g/mol. The molecule has 6 nitrogen and oxygen atoms in total. The number of benzene rings is 3. The highest BCUT2D eigenvalue weighted by Crippen LogP contribution is 2.58. The number of H-pyrrole nitrogens is 1. The van der Waals surface area contributed by atoms with Crippen LogP contribution >= 0.6 is 31.0 Å². The van der Waals surface area contributed by atoms with Crippen LogP contribution < -0.4 is 0 Å². The molecule has 2 atom stereocenters. The van der Waals surface area contributed by atoms with Crippen molar-refractivity contribution >= 4 is 42.0 Å². The van der Waals surface area contributed by atoms with E-state index >= 15 is 0 Å². The van der Waals surface area contributed by atoms with Gasteiger partial charge in [0.05, 0.1) is 28.8 Å². The third-order valence-electron chi connectivity index (χ3n) is 6.25. The van der Waals surface area contributed by atoms with Crippen molar-refractivity contribution in [2.24, 2.45) is 0 Å². The number of imidazole rings is 1. The van der Waals surface area contributed by atoms with Crippen LogP contribution in [0.15, 0.2) is 96.4 Å². The molecule has 9 heteroatoms. The van der Waals surface area contributed by atoms with Gasteiger partial charge in [0.25, 0.3) is 0 Å². The first-order valence-electron chi connectivity index (χ1n) is 11.9. The van der Waals surface area contributed by atoms with Crippen LogP contribution in [0.25, 0.3) is 33.3 Å². The molecule has 0 aliphatic carbocycles.